The van der Waals surface area contributed by atoms with Gasteiger partial charge in [-0.3, -0.25) is 4.79 Å². The normalized spacial score (nSPS) is 34.3. The van der Waals surface area contributed by atoms with Crippen molar-refractivity contribution in [1.82, 2.24) is 4.98 Å². The minimum absolute atomic E-state index is 0.0123. The third-order valence-corrected chi connectivity index (χ3v) is 9.66. The number of rotatable bonds is 3. The Hall–Kier alpha value is 0.640. The van der Waals surface area contributed by atoms with E-state index in [1.54, 1.807) is 6.07 Å². The highest BCUT2D eigenvalue weighted by atomic mass is 79.9. The van der Waals surface area contributed by atoms with Gasteiger partial charge in [-0.25, -0.2) is 4.98 Å². The number of anilines is 1. The smallest absolute Gasteiger partial charge is 0.233 e. The summed E-state index contributed by atoms with van der Waals surface area (Å²) in [5.41, 5.74) is -0.673. The van der Waals surface area contributed by atoms with Crippen molar-refractivity contribution in [2.45, 2.75) is 35.3 Å². The molecule has 3 nitrogen and oxygen atoms in total. The second-order valence-corrected chi connectivity index (χ2v) is 11.6. The van der Waals surface area contributed by atoms with Crippen molar-refractivity contribution in [2.75, 3.05) is 5.32 Å². The van der Waals surface area contributed by atoms with Crippen LogP contribution in [0.15, 0.2) is 12.3 Å². The summed E-state index contributed by atoms with van der Waals surface area (Å²) in [5, 5.41) is 3.68. The summed E-state index contributed by atoms with van der Waals surface area (Å²) in [6, 6.07) is 1.58. The van der Waals surface area contributed by atoms with Crippen molar-refractivity contribution in [3.05, 3.63) is 22.3 Å². The number of nitrogens with one attached hydrogen (secondary N) is 1. The lowest BCUT2D eigenvalue weighted by atomic mass is 9.43. The highest BCUT2D eigenvalue weighted by Crippen LogP contribution is 2.82. The van der Waals surface area contributed by atoms with Gasteiger partial charge in [0, 0.05) is 16.4 Å². The number of halogens is 5. The van der Waals surface area contributed by atoms with Gasteiger partial charge in [-0.2, -0.15) is 0 Å². The number of nitrogens with zero attached hydrogens (tertiary/aromatic N) is 1. The Labute approximate surface area is 170 Å². The fourth-order valence-corrected chi connectivity index (χ4v) is 9.77. The van der Waals surface area contributed by atoms with Crippen LogP contribution in [0, 0.1) is 16.2 Å². The first-order chi connectivity index (χ1) is 10.6. The van der Waals surface area contributed by atoms with Crippen molar-refractivity contribution < 1.29 is 4.79 Å². The van der Waals surface area contributed by atoms with Crippen LogP contribution in [0.2, 0.25) is 10.0 Å². The monoisotopic (exact) mass is 546 g/mol. The van der Waals surface area contributed by atoms with Crippen LogP contribution in [0.4, 0.5) is 5.82 Å². The largest absolute Gasteiger partial charge is 0.309 e. The maximum atomic E-state index is 13.1. The van der Waals surface area contributed by atoms with Crippen molar-refractivity contribution >= 4 is 82.7 Å². The van der Waals surface area contributed by atoms with Gasteiger partial charge < -0.3 is 5.32 Å². The van der Waals surface area contributed by atoms with Gasteiger partial charge >= 0.3 is 0 Å². The predicted molar refractivity (Wildman–Crippen MR) is 105 cm³/mol. The summed E-state index contributed by atoms with van der Waals surface area (Å²) in [4.78, 5) is 17.3. The van der Waals surface area contributed by atoms with E-state index < -0.39 is 5.41 Å². The maximum Gasteiger partial charge on any atom is 0.233 e. The number of alkyl halides is 3. The lowest BCUT2D eigenvalue weighted by Gasteiger charge is -2.66. The quantitative estimate of drug-likeness (QED) is 0.469. The molecule has 1 aromatic heterocycles. The second-order valence-electron chi connectivity index (χ2n) is 6.74. The highest BCUT2D eigenvalue weighted by Gasteiger charge is 2.83. The number of fused-ring (bicyclic) bond motifs is 1. The fourth-order valence-electron chi connectivity index (χ4n) is 4.42. The third kappa shape index (κ3) is 2.17. The Kier molecular flexibility index (Phi) is 4.67. The number of carbonyl (C=O) groups excluding carboxylic acids is 1. The minimum Gasteiger partial charge on any atom is -0.309 e. The molecule has 0 aromatic carbocycles. The van der Waals surface area contributed by atoms with Crippen LogP contribution in [0.25, 0.3) is 0 Å². The van der Waals surface area contributed by atoms with Gasteiger partial charge in [0.05, 0.1) is 19.2 Å². The first-order valence-electron chi connectivity index (χ1n) is 7.16. The van der Waals surface area contributed by atoms with Gasteiger partial charge in [0.25, 0.3) is 0 Å². The summed E-state index contributed by atoms with van der Waals surface area (Å²) >= 11 is 23.1. The molecule has 2 bridgehead atoms. The van der Waals surface area contributed by atoms with E-state index in [1.165, 1.54) is 6.20 Å². The Morgan fingerprint density at radius 2 is 2.04 bits per heavy atom. The highest BCUT2D eigenvalue weighted by molar-refractivity contribution is 9.24. The van der Waals surface area contributed by atoms with E-state index in [0.717, 1.165) is 12.8 Å². The van der Waals surface area contributed by atoms with E-state index in [0.29, 0.717) is 15.9 Å². The van der Waals surface area contributed by atoms with E-state index in [1.807, 2.05) is 0 Å². The van der Waals surface area contributed by atoms with Gasteiger partial charge in [0.1, 0.15) is 0 Å². The average molecular weight is 550 g/mol. The standard InChI is InChI=1S/C15H15Br3Cl2N2O/c1-13(2)14(11(17)18)3-4-15(13,10(14)16)12(23)22-9-8(20)5-7(19)6-21-9/h5-6,10-11H,3-4H2,1-2H3,(H,21,22,23)/t10-,14-,15-/m1/s1. The van der Waals surface area contributed by atoms with Crippen LogP contribution in [0.1, 0.15) is 26.7 Å². The van der Waals surface area contributed by atoms with Gasteiger partial charge in [-0.1, -0.05) is 84.8 Å². The first kappa shape index (κ1) is 18.4. The Balaban J connectivity index is 1.92. The molecule has 0 aliphatic heterocycles. The zero-order valence-corrected chi connectivity index (χ0v) is 18.7. The number of hydrogen-bond donors (Lipinski definition) is 1. The van der Waals surface area contributed by atoms with E-state index in [-0.39, 0.29) is 25.3 Å². The zero-order chi connectivity index (χ0) is 17.2. The molecule has 1 heterocycles. The average Bonchev–Trinajstić information content (AvgIpc) is 2.91. The summed E-state index contributed by atoms with van der Waals surface area (Å²) in [6.45, 7) is 4.31. The number of aromatic nitrogens is 1. The molecule has 3 aliphatic rings. The van der Waals surface area contributed by atoms with E-state index in [4.69, 9.17) is 23.2 Å². The van der Waals surface area contributed by atoms with Crippen molar-refractivity contribution in [2.24, 2.45) is 16.2 Å². The van der Waals surface area contributed by atoms with Gasteiger partial charge in [0.2, 0.25) is 5.91 Å². The molecule has 1 amide bonds. The number of amides is 1. The zero-order valence-electron chi connectivity index (χ0n) is 12.5. The molecule has 3 saturated carbocycles. The molecule has 23 heavy (non-hydrogen) atoms. The first-order valence-corrected chi connectivity index (χ1v) is 10.7. The van der Waals surface area contributed by atoms with Crippen molar-refractivity contribution in [3.63, 3.8) is 0 Å². The van der Waals surface area contributed by atoms with Gasteiger partial charge in [-0.05, 0) is 24.3 Å². The van der Waals surface area contributed by atoms with Crippen LogP contribution in [0.3, 0.4) is 0 Å². The molecule has 8 heteroatoms. The van der Waals surface area contributed by atoms with Crippen LogP contribution < -0.4 is 5.32 Å². The number of hydrogen-bond acceptors (Lipinski definition) is 2. The molecule has 0 unspecified atom stereocenters. The van der Waals surface area contributed by atoms with E-state index in [2.05, 4.69) is 71.9 Å². The molecule has 0 saturated heterocycles. The summed E-state index contributed by atoms with van der Waals surface area (Å²) in [7, 11) is 0. The molecule has 3 fully saturated rings. The maximum absolute atomic E-state index is 13.1. The van der Waals surface area contributed by atoms with E-state index >= 15 is 0 Å². The van der Waals surface area contributed by atoms with Crippen LogP contribution in [-0.2, 0) is 4.79 Å². The molecule has 3 aliphatic carbocycles. The number of pyridine rings is 1. The van der Waals surface area contributed by atoms with Crippen LogP contribution >= 0.6 is 71.0 Å². The molecule has 1 N–H and O–H groups in total. The Bertz CT molecular complexity index is 685. The molecular formula is C15H15Br3Cl2N2O. The second kappa shape index (κ2) is 5.83. The van der Waals surface area contributed by atoms with Crippen LogP contribution in [0.5, 0.6) is 0 Å². The SMILES string of the molecule is CC1(C)[C@]2(C(=O)Nc3ncc(Cl)cc3Cl)CC[C@]1(C(Br)Br)[C@H]2Br. The van der Waals surface area contributed by atoms with Gasteiger partial charge in [-0.15, -0.1) is 0 Å². The summed E-state index contributed by atoms with van der Waals surface area (Å²) < 4.78 is 0.141. The van der Waals surface area contributed by atoms with Crippen LogP contribution in [-0.4, -0.2) is 19.5 Å². The summed E-state index contributed by atoms with van der Waals surface area (Å²) in [6.07, 6.45) is 3.26. The van der Waals surface area contributed by atoms with E-state index in [9.17, 15) is 4.79 Å². The lowest BCUT2D eigenvalue weighted by molar-refractivity contribution is -0.155. The molecule has 1 aromatic rings. The molecule has 4 rings (SSSR count). The fraction of sp³-hybridized carbons (Fsp3) is 0.600. The lowest BCUT2D eigenvalue weighted by Crippen LogP contribution is -2.71. The molecule has 0 spiro atoms. The van der Waals surface area contributed by atoms with Crippen molar-refractivity contribution in [1.29, 1.82) is 0 Å². The molecular weight excluding hydrogens is 535 g/mol. The molecule has 126 valence electrons. The number of carbonyl (C=O) groups is 1. The molecule has 3 atom stereocenters. The predicted octanol–water partition coefficient (Wildman–Crippen LogP) is 6.01. The third-order valence-electron chi connectivity index (χ3n) is 5.93. The Morgan fingerprint density at radius 1 is 1.39 bits per heavy atom. The Morgan fingerprint density at radius 3 is 2.52 bits per heavy atom. The summed E-state index contributed by atoms with van der Waals surface area (Å²) in [5.74, 6) is 0.305. The minimum atomic E-state index is -0.489. The topological polar surface area (TPSA) is 42.0 Å². The molecule has 0 radical (unpaired) electrons. The van der Waals surface area contributed by atoms with Crippen molar-refractivity contribution in [3.8, 4) is 0 Å². The van der Waals surface area contributed by atoms with Gasteiger partial charge in [0.15, 0.2) is 5.82 Å².